The molecule has 0 bridgehead atoms. The zero-order valence-electron chi connectivity index (χ0n) is 11.6. The van der Waals surface area contributed by atoms with Crippen molar-refractivity contribution in [3.05, 3.63) is 51.4 Å². The zero-order chi connectivity index (χ0) is 14.5. The second-order valence-electron chi connectivity index (χ2n) is 4.66. The topological polar surface area (TPSA) is 66.0 Å². The molecule has 2 rings (SSSR count). The van der Waals surface area contributed by atoms with E-state index in [9.17, 15) is 9.90 Å². The third kappa shape index (κ3) is 3.71. The summed E-state index contributed by atoms with van der Waals surface area (Å²) in [7, 11) is 0. The van der Waals surface area contributed by atoms with E-state index in [1.165, 1.54) is 17.8 Å². The maximum Gasteiger partial charge on any atom is 0.251 e. The standard InChI is InChI=1S/C15H18N2O2S/c1-3-4-12-8-14(19)17-15(16-12)20-13-6-5-10(2)7-11(13)9-18/h5-8,18H,3-4,9H2,1-2H3,(H,16,17,19). The second-order valence-corrected chi connectivity index (χ2v) is 5.69. The molecule has 5 heteroatoms. The molecular formula is C15H18N2O2S. The van der Waals surface area contributed by atoms with E-state index in [4.69, 9.17) is 0 Å². The molecule has 0 saturated heterocycles. The Hall–Kier alpha value is -1.59. The van der Waals surface area contributed by atoms with Crippen LogP contribution >= 0.6 is 11.8 Å². The fourth-order valence-corrected chi connectivity index (χ4v) is 2.87. The van der Waals surface area contributed by atoms with Crippen molar-refractivity contribution >= 4 is 11.8 Å². The molecule has 2 N–H and O–H groups in total. The summed E-state index contributed by atoms with van der Waals surface area (Å²) in [6.45, 7) is 4.01. The van der Waals surface area contributed by atoms with Crippen LogP contribution in [0.5, 0.6) is 0 Å². The Morgan fingerprint density at radius 2 is 2.15 bits per heavy atom. The molecule has 1 aromatic carbocycles. The van der Waals surface area contributed by atoms with Crippen molar-refractivity contribution < 1.29 is 5.11 Å². The van der Waals surface area contributed by atoms with Gasteiger partial charge in [0.2, 0.25) is 0 Å². The predicted octanol–water partition coefficient (Wildman–Crippen LogP) is 2.67. The van der Waals surface area contributed by atoms with Crippen molar-refractivity contribution in [3.63, 3.8) is 0 Å². The SMILES string of the molecule is CCCc1cc(=O)[nH]c(Sc2ccc(C)cc2CO)n1. The maximum absolute atomic E-state index is 11.6. The van der Waals surface area contributed by atoms with Crippen LogP contribution in [0.25, 0.3) is 0 Å². The van der Waals surface area contributed by atoms with Crippen molar-refractivity contribution in [2.24, 2.45) is 0 Å². The molecule has 20 heavy (non-hydrogen) atoms. The number of aryl methyl sites for hydroxylation is 2. The van der Waals surface area contributed by atoms with Crippen molar-refractivity contribution in [2.75, 3.05) is 0 Å². The Labute approximate surface area is 122 Å². The Bertz CT molecular complexity index is 653. The van der Waals surface area contributed by atoms with Gasteiger partial charge < -0.3 is 10.1 Å². The van der Waals surface area contributed by atoms with Crippen molar-refractivity contribution in [2.45, 2.75) is 43.3 Å². The Kier molecular flexibility index (Phi) is 4.98. The van der Waals surface area contributed by atoms with Crippen LogP contribution in [-0.4, -0.2) is 15.1 Å². The summed E-state index contributed by atoms with van der Waals surface area (Å²) >= 11 is 1.38. The van der Waals surface area contributed by atoms with Crippen LogP contribution in [0.1, 0.15) is 30.2 Å². The Morgan fingerprint density at radius 3 is 2.85 bits per heavy atom. The molecule has 1 aromatic heterocycles. The van der Waals surface area contributed by atoms with Crippen LogP contribution in [0.15, 0.2) is 39.1 Å². The molecule has 0 unspecified atom stereocenters. The summed E-state index contributed by atoms with van der Waals surface area (Å²) in [5, 5.41) is 9.98. The molecule has 0 aliphatic carbocycles. The van der Waals surface area contributed by atoms with Gasteiger partial charge in [-0.05, 0) is 25.0 Å². The summed E-state index contributed by atoms with van der Waals surface area (Å²) in [6.07, 6.45) is 1.74. The van der Waals surface area contributed by atoms with E-state index in [1.54, 1.807) is 0 Å². The van der Waals surface area contributed by atoms with Gasteiger partial charge in [0.25, 0.3) is 5.56 Å². The lowest BCUT2D eigenvalue weighted by molar-refractivity contribution is 0.279. The highest BCUT2D eigenvalue weighted by molar-refractivity contribution is 7.99. The van der Waals surface area contributed by atoms with Crippen LogP contribution in [0.2, 0.25) is 0 Å². The van der Waals surface area contributed by atoms with Gasteiger partial charge in [0.05, 0.1) is 6.61 Å². The summed E-state index contributed by atoms with van der Waals surface area (Å²) < 4.78 is 0. The fraction of sp³-hybridized carbons (Fsp3) is 0.333. The summed E-state index contributed by atoms with van der Waals surface area (Å²) in [5.41, 5.74) is 2.61. The number of benzene rings is 1. The van der Waals surface area contributed by atoms with Crippen molar-refractivity contribution in [1.82, 2.24) is 9.97 Å². The first-order valence-corrected chi connectivity index (χ1v) is 7.42. The number of hydrogen-bond donors (Lipinski definition) is 2. The van der Waals surface area contributed by atoms with Gasteiger partial charge in [-0.25, -0.2) is 4.98 Å². The van der Waals surface area contributed by atoms with Gasteiger partial charge in [0.1, 0.15) is 0 Å². The van der Waals surface area contributed by atoms with Crippen LogP contribution < -0.4 is 5.56 Å². The van der Waals surface area contributed by atoms with Gasteiger partial charge >= 0.3 is 0 Å². The number of aromatic amines is 1. The highest BCUT2D eigenvalue weighted by Gasteiger charge is 2.07. The minimum absolute atomic E-state index is 0.0249. The Balaban J connectivity index is 2.32. The van der Waals surface area contributed by atoms with Crippen molar-refractivity contribution in [3.8, 4) is 0 Å². The molecule has 1 heterocycles. The average Bonchev–Trinajstić information content (AvgIpc) is 2.40. The van der Waals surface area contributed by atoms with E-state index in [0.29, 0.717) is 5.16 Å². The molecule has 2 aromatic rings. The number of nitrogens with zero attached hydrogens (tertiary/aromatic N) is 1. The number of aromatic nitrogens is 2. The summed E-state index contributed by atoms with van der Waals surface area (Å²) in [4.78, 5) is 19.7. The average molecular weight is 290 g/mol. The molecule has 0 aliphatic rings. The largest absolute Gasteiger partial charge is 0.392 e. The molecule has 0 amide bonds. The lowest BCUT2D eigenvalue weighted by Crippen LogP contribution is -2.10. The quantitative estimate of drug-likeness (QED) is 0.831. The first-order chi connectivity index (χ1) is 9.62. The predicted molar refractivity (Wildman–Crippen MR) is 80.1 cm³/mol. The highest BCUT2D eigenvalue weighted by Crippen LogP contribution is 2.28. The summed E-state index contributed by atoms with van der Waals surface area (Å²) in [5.74, 6) is 0. The van der Waals surface area contributed by atoms with Gasteiger partial charge in [-0.15, -0.1) is 0 Å². The first-order valence-electron chi connectivity index (χ1n) is 6.61. The molecule has 0 fully saturated rings. The lowest BCUT2D eigenvalue weighted by Gasteiger charge is -2.08. The normalized spacial score (nSPS) is 10.8. The van der Waals surface area contributed by atoms with E-state index in [1.807, 2.05) is 25.1 Å². The van der Waals surface area contributed by atoms with Crippen LogP contribution in [0, 0.1) is 6.92 Å². The highest BCUT2D eigenvalue weighted by atomic mass is 32.2. The van der Waals surface area contributed by atoms with Gasteiger partial charge in [0, 0.05) is 16.7 Å². The van der Waals surface area contributed by atoms with Crippen LogP contribution in [0.3, 0.4) is 0 Å². The molecule has 0 spiro atoms. The molecular weight excluding hydrogens is 272 g/mol. The maximum atomic E-state index is 11.6. The van der Waals surface area contributed by atoms with E-state index >= 15 is 0 Å². The third-order valence-corrected chi connectivity index (χ3v) is 3.88. The van der Waals surface area contributed by atoms with E-state index < -0.39 is 0 Å². The molecule has 0 saturated carbocycles. The smallest absolute Gasteiger partial charge is 0.251 e. The minimum atomic E-state index is -0.136. The van der Waals surface area contributed by atoms with Crippen LogP contribution in [0.4, 0.5) is 0 Å². The molecule has 0 radical (unpaired) electrons. The first kappa shape index (κ1) is 14.8. The number of rotatable bonds is 5. The van der Waals surface area contributed by atoms with E-state index in [0.717, 1.165) is 34.6 Å². The lowest BCUT2D eigenvalue weighted by atomic mass is 10.1. The number of nitrogens with one attached hydrogen (secondary N) is 1. The molecule has 106 valence electrons. The summed E-state index contributed by atoms with van der Waals surface area (Å²) in [6, 6.07) is 7.40. The minimum Gasteiger partial charge on any atom is -0.392 e. The van der Waals surface area contributed by atoms with Crippen LogP contribution in [-0.2, 0) is 13.0 Å². The third-order valence-electron chi connectivity index (χ3n) is 2.87. The van der Waals surface area contributed by atoms with E-state index in [-0.39, 0.29) is 12.2 Å². The van der Waals surface area contributed by atoms with Gasteiger partial charge in [-0.3, -0.25) is 4.79 Å². The van der Waals surface area contributed by atoms with E-state index in [2.05, 4.69) is 16.9 Å². The molecule has 4 nitrogen and oxygen atoms in total. The molecule has 0 atom stereocenters. The zero-order valence-corrected chi connectivity index (χ0v) is 12.5. The number of H-pyrrole nitrogens is 1. The Morgan fingerprint density at radius 1 is 1.35 bits per heavy atom. The monoisotopic (exact) mass is 290 g/mol. The number of hydrogen-bond acceptors (Lipinski definition) is 4. The van der Waals surface area contributed by atoms with Gasteiger partial charge in [-0.2, -0.15) is 0 Å². The van der Waals surface area contributed by atoms with Gasteiger partial charge in [-0.1, -0.05) is 42.8 Å². The fourth-order valence-electron chi connectivity index (χ4n) is 1.95. The molecule has 0 aliphatic heterocycles. The number of aliphatic hydroxyl groups excluding tert-OH is 1. The number of aliphatic hydroxyl groups is 1. The van der Waals surface area contributed by atoms with Gasteiger partial charge in [0.15, 0.2) is 5.16 Å². The van der Waals surface area contributed by atoms with Crippen molar-refractivity contribution in [1.29, 1.82) is 0 Å². The second kappa shape index (κ2) is 6.72.